The van der Waals surface area contributed by atoms with Gasteiger partial charge < -0.3 is 0 Å². The molecule has 0 aliphatic heterocycles. The lowest BCUT2D eigenvalue weighted by Gasteiger charge is -2.02. The number of halogens is 2. The zero-order valence-corrected chi connectivity index (χ0v) is 10.5. The third-order valence-corrected chi connectivity index (χ3v) is 4.07. The molecule has 0 aliphatic carbocycles. The normalized spacial score (nSPS) is 9.38. The Balaban J connectivity index is 3.44. The van der Waals surface area contributed by atoms with Gasteiger partial charge in [-0.05, 0) is 57.6 Å². The maximum atomic E-state index is 11.2. The first kappa shape index (κ1) is 10.7. The Labute approximate surface area is 98.2 Å². The fourth-order valence-corrected chi connectivity index (χ4v) is 2.06. The minimum atomic E-state index is -0.0257. The average molecular weight is 350 g/mol. The van der Waals surface area contributed by atoms with Crippen LogP contribution in [0.2, 0.25) is 0 Å². The van der Waals surface area contributed by atoms with Gasteiger partial charge in [0.15, 0.2) is 5.78 Å². The van der Waals surface area contributed by atoms with E-state index < -0.39 is 0 Å². The number of benzene rings is 1. The van der Waals surface area contributed by atoms with Crippen LogP contribution in [0.1, 0.15) is 22.8 Å². The molecule has 0 heterocycles. The summed E-state index contributed by atoms with van der Waals surface area (Å²) in [6.07, 6.45) is 0. The van der Waals surface area contributed by atoms with Crippen LogP contribution in [-0.4, -0.2) is 5.78 Å². The largest absolute Gasteiger partial charge is 0.294 e. The highest BCUT2D eigenvalue weighted by molar-refractivity contribution is 14.1. The summed E-state index contributed by atoms with van der Waals surface area (Å²) in [4.78, 5) is 11.2. The molecular weight excluding hydrogens is 345 g/mol. The zero-order chi connectivity index (χ0) is 10.0. The summed E-state index contributed by atoms with van der Waals surface area (Å²) in [6.45, 7) is 1.49. The van der Waals surface area contributed by atoms with Crippen molar-refractivity contribution in [2.24, 2.45) is 0 Å². The van der Waals surface area contributed by atoms with Crippen molar-refractivity contribution in [2.75, 3.05) is 0 Å². The van der Waals surface area contributed by atoms with Gasteiger partial charge in [-0.2, -0.15) is 5.26 Å². The smallest absolute Gasteiger partial charge is 0.160 e. The predicted molar refractivity (Wildman–Crippen MR) is 61.6 cm³/mol. The lowest BCUT2D eigenvalue weighted by molar-refractivity contribution is 0.101. The molecule has 0 bridgehead atoms. The molecule has 2 nitrogen and oxygen atoms in total. The van der Waals surface area contributed by atoms with Gasteiger partial charge in [-0.3, -0.25) is 4.79 Å². The second-order valence-electron chi connectivity index (χ2n) is 2.49. The summed E-state index contributed by atoms with van der Waals surface area (Å²) >= 11 is 5.37. The van der Waals surface area contributed by atoms with E-state index in [1.165, 1.54) is 6.92 Å². The maximum Gasteiger partial charge on any atom is 0.160 e. The van der Waals surface area contributed by atoms with Gasteiger partial charge in [0.05, 0.1) is 11.6 Å². The van der Waals surface area contributed by atoms with E-state index in [0.29, 0.717) is 11.1 Å². The number of Topliss-reactive ketones (excluding diaryl/α,β-unsaturated/α-hetero) is 1. The van der Waals surface area contributed by atoms with Crippen LogP contribution in [0.3, 0.4) is 0 Å². The molecule has 0 saturated heterocycles. The lowest BCUT2D eigenvalue weighted by atomic mass is 10.1. The molecule has 66 valence electrons. The number of carbonyl (C=O) groups excluding carboxylic acids is 1. The van der Waals surface area contributed by atoms with Crippen molar-refractivity contribution in [3.63, 3.8) is 0 Å². The summed E-state index contributed by atoms with van der Waals surface area (Å²) in [5.74, 6) is -0.0257. The first-order chi connectivity index (χ1) is 6.06. The van der Waals surface area contributed by atoms with Crippen molar-refractivity contribution in [3.8, 4) is 6.07 Å². The van der Waals surface area contributed by atoms with Crippen LogP contribution in [0.15, 0.2) is 16.6 Å². The first-order valence-corrected chi connectivity index (χ1v) is 5.33. The fraction of sp³-hybridized carbons (Fsp3) is 0.111. The van der Waals surface area contributed by atoms with E-state index >= 15 is 0 Å². The molecule has 0 spiro atoms. The van der Waals surface area contributed by atoms with Crippen molar-refractivity contribution in [3.05, 3.63) is 31.3 Å². The number of nitriles is 1. The molecule has 0 N–H and O–H groups in total. The highest BCUT2D eigenvalue weighted by Crippen LogP contribution is 2.24. The summed E-state index contributed by atoms with van der Waals surface area (Å²) in [5, 5.41) is 8.67. The van der Waals surface area contributed by atoms with Crippen LogP contribution in [-0.2, 0) is 0 Å². The van der Waals surface area contributed by atoms with Crippen LogP contribution < -0.4 is 0 Å². The second-order valence-corrected chi connectivity index (χ2v) is 4.42. The molecule has 0 atom stereocenters. The molecule has 1 aromatic carbocycles. The number of carbonyl (C=O) groups is 1. The number of hydrogen-bond acceptors (Lipinski definition) is 2. The molecule has 0 fully saturated rings. The van der Waals surface area contributed by atoms with Gasteiger partial charge >= 0.3 is 0 Å². The molecule has 0 aliphatic rings. The number of nitrogens with zero attached hydrogens (tertiary/aromatic N) is 1. The predicted octanol–water partition coefficient (Wildman–Crippen LogP) is 3.13. The Bertz CT molecular complexity index is 409. The van der Waals surface area contributed by atoms with Gasteiger partial charge in [0, 0.05) is 13.6 Å². The monoisotopic (exact) mass is 349 g/mol. The van der Waals surface area contributed by atoms with Gasteiger partial charge in [0.1, 0.15) is 0 Å². The summed E-state index contributed by atoms with van der Waals surface area (Å²) in [5.41, 5.74) is 1.09. The molecule has 0 aromatic heterocycles. The molecular formula is C9H5BrINO. The van der Waals surface area contributed by atoms with E-state index in [0.717, 1.165) is 8.04 Å². The standard InChI is InChI=1S/C9H5BrINO/c1-5(13)7-2-6(4-12)3-8(10)9(7)11/h2-3H,1H3. The van der Waals surface area contributed by atoms with E-state index in [1.807, 2.05) is 6.07 Å². The van der Waals surface area contributed by atoms with E-state index in [1.54, 1.807) is 12.1 Å². The quantitative estimate of drug-likeness (QED) is 0.577. The van der Waals surface area contributed by atoms with Gasteiger partial charge in [-0.25, -0.2) is 0 Å². The fourth-order valence-electron chi connectivity index (χ4n) is 0.910. The summed E-state index contributed by atoms with van der Waals surface area (Å²) in [6, 6.07) is 5.31. The summed E-state index contributed by atoms with van der Waals surface area (Å²) in [7, 11) is 0. The van der Waals surface area contributed by atoms with E-state index in [-0.39, 0.29) is 5.78 Å². The molecule has 0 unspecified atom stereocenters. The Kier molecular flexibility index (Phi) is 3.45. The third-order valence-electron chi connectivity index (χ3n) is 1.54. The topological polar surface area (TPSA) is 40.9 Å². The summed E-state index contributed by atoms with van der Waals surface area (Å²) < 4.78 is 1.64. The van der Waals surface area contributed by atoms with Crippen LogP contribution >= 0.6 is 38.5 Å². The second kappa shape index (κ2) is 4.20. The molecule has 0 amide bonds. The van der Waals surface area contributed by atoms with Crippen LogP contribution in [0, 0.1) is 14.9 Å². The molecule has 1 aromatic rings. The highest BCUT2D eigenvalue weighted by Gasteiger charge is 2.09. The van der Waals surface area contributed by atoms with E-state index in [9.17, 15) is 4.79 Å². The SMILES string of the molecule is CC(=O)c1cc(C#N)cc(Br)c1I. The Morgan fingerprint density at radius 1 is 1.62 bits per heavy atom. The zero-order valence-electron chi connectivity index (χ0n) is 6.77. The Morgan fingerprint density at radius 3 is 2.69 bits per heavy atom. The number of ketones is 1. The van der Waals surface area contributed by atoms with Crippen molar-refractivity contribution in [1.29, 1.82) is 5.26 Å². The number of rotatable bonds is 1. The van der Waals surface area contributed by atoms with Crippen molar-refractivity contribution in [2.45, 2.75) is 6.92 Å². The van der Waals surface area contributed by atoms with Crippen LogP contribution in [0.5, 0.6) is 0 Å². The molecule has 1 rings (SSSR count). The van der Waals surface area contributed by atoms with Gasteiger partial charge in [-0.15, -0.1) is 0 Å². The van der Waals surface area contributed by atoms with Crippen LogP contribution in [0.4, 0.5) is 0 Å². The van der Waals surface area contributed by atoms with Crippen molar-refractivity contribution >= 4 is 44.3 Å². The minimum absolute atomic E-state index is 0.0257. The van der Waals surface area contributed by atoms with Crippen molar-refractivity contribution < 1.29 is 4.79 Å². The Hall–Kier alpha value is -0.410. The van der Waals surface area contributed by atoms with E-state index in [4.69, 9.17) is 5.26 Å². The molecule has 4 heteroatoms. The first-order valence-electron chi connectivity index (χ1n) is 3.46. The molecule has 0 radical (unpaired) electrons. The average Bonchev–Trinajstić information content (AvgIpc) is 2.09. The van der Waals surface area contributed by atoms with E-state index in [2.05, 4.69) is 38.5 Å². The Morgan fingerprint density at radius 2 is 2.23 bits per heavy atom. The van der Waals surface area contributed by atoms with Gasteiger partial charge in [0.2, 0.25) is 0 Å². The molecule has 0 saturated carbocycles. The highest BCUT2D eigenvalue weighted by atomic mass is 127. The minimum Gasteiger partial charge on any atom is -0.294 e. The molecule has 13 heavy (non-hydrogen) atoms. The van der Waals surface area contributed by atoms with Crippen molar-refractivity contribution in [1.82, 2.24) is 0 Å². The maximum absolute atomic E-state index is 11.2. The van der Waals surface area contributed by atoms with Gasteiger partial charge in [-0.1, -0.05) is 0 Å². The van der Waals surface area contributed by atoms with Gasteiger partial charge in [0.25, 0.3) is 0 Å². The van der Waals surface area contributed by atoms with Crippen LogP contribution in [0.25, 0.3) is 0 Å². The third kappa shape index (κ3) is 2.29. The number of hydrogen-bond donors (Lipinski definition) is 0. The lowest BCUT2D eigenvalue weighted by Crippen LogP contribution is -1.97.